The van der Waals surface area contributed by atoms with Crippen LogP contribution in [-0.2, 0) is 11.2 Å². The van der Waals surface area contributed by atoms with Gasteiger partial charge in [0.25, 0.3) is 5.91 Å². The molecule has 0 saturated heterocycles. The first-order valence-electron chi connectivity index (χ1n) is 13.2. The molecule has 9 heteroatoms. The molecular weight excluding hydrogens is 572 g/mol. The third-order valence-electron chi connectivity index (χ3n) is 7.03. The first-order chi connectivity index (χ1) is 19.3. The Balaban J connectivity index is 1.57. The summed E-state index contributed by atoms with van der Waals surface area (Å²) in [5, 5.41) is 2.91. The second kappa shape index (κ2) is 11.5. The zero-order valence-electron chi connectivity index (χ0n) is 22.2. The lowest BCUT2D eigenvalue weighted by Crippen LogP contribution is -2.33. The van der Waals surface area contributed by atoms with Crippen LogP contribution in [-0.4, -0.2) is 27.9 Å². The van der Waals surface area contributed by atoms with E-state index in [1.54, 1.807) is 24.3 Å². The third-order valence-corrected chi connectivity index (χ3v) is 7.52. The van der Waals surface area contributed by atoms with Crippen LogP contribution < -0.4 is 16.5 Å². The van der Waals surface area contributed by atoms with Crippen molar-refractivity contribution < 1.29 is 14.0 Å². The number of carbonyl (C=O) groups is 2. The van der Waals surface area contributed by atoms with Gasteiger partial charge in [-0.2, -0.15) is 0 Å². The molecule has 0 atom stereocenters. The van der Waals surface area contributed by atoms with Crippen LogP contribution in [0, 0.1) is 0 Å². The number of primary amides is 1. The van der Waals surface area contributed by atoms with Crippen molar-refractivity contribution in [1.29, 1.82) is 0 Å². The summed E-state index contributed by atoms with van der Waals surface area (Å²) in [6.07, 6.45) is 2.54. The SMILES string of the molecule is CCC(CC)n1c(Cc2cccc(Br)c2)nc2cc3c(=O)cc(-c4ccc(C(=O)NCC(N)=O)cc4)oc3cc21. The maximum absolute atomic E-state index is 13.2. The fraction of sp³-hybridized carbons (Fsp3) is 0.226. The van der Waals surface area contributed by atoms with Crippen molar-refractivity contribution in [3.63, 3.8) is 0 Å². The van der Waals surface area contributed by atoms with Crippen molar-refractivity contribution >= 4 is 49.7 Å². The van der Waals surface area contributed by atoms with Gasteiger partial charge < -0.3 is 20.0 Å². The van der Waals surface area contributed by atoms with E-state index in [4.69, 9.17) is 15.1 Å². The molecule has 2 amide bonds. The number of nitrogens with two attached hydrogens (primary N) is 1. The van der Waals surface area contributed by atoms with Gasteiger partial charge >= 0.3 is 0 Å². The topological polar surface area (TPSA) is 120 Å². The van der Waals surface area contributed by atoms with Crippen molar-refractivity contribution in [3.8, 4) is 11.3 Å². The van der Waals surface area contributed by atoms with Crippen LogP contribution in [0.15, 0.2) is 80.4 Å². The molecule has 8 nitrogen and oxygen atoms in total. The molecule has 3 N–H and O–H groups in total. The number of benzene rings is 3. The maximum Gasteiger partial charge on any atom is 0.251 e. The number of fused-ring (bicyclic) bond motifs is 2. The molecule has 2 heterocycles. The molecule has 2 aromatic heterocycles. The van der Waals surface area contributed by atoms with Crippen LogP contribution in [0.5, 0.6) is 0 Å². The van der Waals surface area contributed by atoms with E-state index in [1.165, 1.54) is 6.07 Å². The van der Waals surface area contributed by atoms with Gasteiger partial charge in [-0.25, -0.2) is 4.98 Å². The van der Waals surface area contributed by atoms with E-state index in [0.717, 1.165) is 39.7 Å². The van der Waals surface area contributed by atoms with E-state index in [-0.39, 0.29) is 18.0 Å². The molecule has 3 aromatic carbocycles. The van der Waals surface area contributed by atoms with Crippen LogP contribution in [0.25, 0.3) is 33.3 Å². The molecule has 5 aromatic rings. The number of carbonyl (C=O) groups excluding carboxylic acids is 2. The lowest BCUT2D eigenvalue weighted by atomic mass is 10.1. The molecule has 5 rings (SSSR count). The average molecular weight is 602 g/mol. The second-order valence-corrected chi connectivity index (χ2v) is 10.6. The Kier molecular flexibility index (Phi) is 7.84. The molecule has 40 heavy (non-hydrogen) atoms. The number of imidazole rings is 1. The Labute approximate surface area is 239 Å². The molecule has 0 aliphatic heterocycles. The van der Waals surface area contributed by atoms with Gasteiger partial charge in [-0.05, 0) is 48.7 Å². The molecule has 0 aliphatic rings. The molecule has 0 radical (unpaired) electrons. The van der Waals surface area contributed by atoms with Gasteiger partial charge in [0.1, 0.15) is 17.2 Å². The van der Waals surface area contributed by atoms with Crippen LogP contribution in [0.1, 0.15) is 54.5 Å². The Bertz CT molecular complexity index is 1790. The molecule has 0 bridgehead atoms. The molecule has 0 spiro atoms. The number of halogens is 1. The summed E-state index contributed by atoms with van der Waals surface area (Å²) in [7, 11) is 0. The molecule has 0 saturated carbocycles. The number of nitrogens with zero attached hydrogens (tertiary/aromatic N) is 2. The summed E-state index contributed by atoms with van der Waals surface area (Å²) in [5.41, 5.74) is 9.23. The third kappa shape index (κ3) is 5.56. The predicted octanol–water partition coefficient (Wildman–Crippen LogP) is 5.74. The molecular formula is C31H29BrN4O4. The average Bonchev–Trinajstić information content (AvgIpc) is 3.28. The Morgan fingerprint density at radius 3 is 2.48 bits per heavy atom. The molecule has 204 valence electrons. The van der Waals surface area contributed by atoms with E-state index < -0.39 is 11.8 Å². The van der Waals surface area contributed by atoms with Gasteiger partial charge in [0.2, 0.25) is 5.91 Å². The van der Waals surface area contributed by atoms with E-state index in [1.807, 2.05) is 24.3 Å². The Morgan fingerprint density at radius 1 is 1.05 bits per heavy atom. The monoisotopic (exact) mass is 600 g/mol. The van der Waals surface area contributed by atoms with Crippen LogP contribution in [0.2, 0.25) is 0 Å². The largest absolute Gasteiger partial charge is 0.456 e. The molecule has 0 unspecified atom stereocenters. The lowest BCUT2D eigenvalue weighted by Gasteiger charge is -2.19. The van der Waals surface area contributed by atoms with E-state index in [9.17, 15) is 14.4 Å². The zero-order chi connectivity index (χ0) is 28.4. The van der Waals surface area contributed by atoms with Gasteiger partial charge in [0.15, 0.2) is 5.43 Å². The highest BCUT2D eigenvalue weighted by Gasteiger charge is 2.20. The highest BCUT2D eigenvalue weighted by Crippen LogP contribution is 2.31. The number of nitrogens with one attached hydrogen (secondary N) is 1. The summed E-state index contributed by atoms with van der Waals surface area (Å²) in [6, 6.07) is 20.2. The predicted molar refractivity (Wildman–Crippen MR) is 159 cm³/mol. The van der Waals surface area contributed by atoms with Gasteiger partial charge in [0.05, 0.1) is 23.0 Å². The summed E-state index contributed by atoms with van der Waals surface area (Å²) in [4.78, 5) is 41.3. The fourth-order valence-electron chi connectivity index (χ4n) is 5.01. The summed E-state index contributed by atoms with van der Waals surface area (Å²) in [6.45, 7) is 4.09. The van der Waals surface area contributed by atoms with Gasteiger partial charge in [-0.15, -0.1) is 0 Å². The number of amides is 2. The number of rotatable bonds is 9. The summed E-state index contributed by atoms with van der Waals surface area (Å²) >= 11 is 3.56. The van der Waals surface area contributed by atoms with Crippen LogP contribution in [0.4, 0.5) is 0 Å². The lowest BCUT2D eigenvalue weighted by molar-refractivity contribution is -0.117. The minimum absolute atomic E-state index is 0.174. The van der Waals surface area contributed by atoms with E-state index >= 15 is 0 Å². The van der Waals surface area contributed by atoms with Gasteiger partial charge in [-0.3, -0.25) is 14.4 Å². The molecule has 0 aliphatic carbocycles. The smallest absolute Gasteiger partial charge is 0.251 e. The van der Waals surface area contributed by atoms with E-state index in [0.29, 0.717) is 34.3 Å². The normalized spacial score (nSPS) is 11.4. The van der Waals surface area contributed by atoms with Crippen molar-refractivity contribution in [2.24, 2.45) is 5.73 Å². The van der Waals surface area contributed by atoms with Crippen LogP contribution in [0.3, 0.4) is 0 Å². The minimum Gasteiger partial charge on any atom is -0.456 e. The first-order valence-corrected chi connectivity index (χ1v) is 14.0. The fourth-order valence-corrected chi connectivity index (χ4v) is 5.45. The summed E-state index contributed by atoms with van der Waals surface area (Å²) < 4.78 is 9.55. The van der Waals surface area contributed by atoms with Crippen molar-refractivity contribution in [2.75, 3.05) is 6.54 Å². The van der Waals surface area contributed by atoms with Gasteiger partial charge in [-0.1, -0.05) is 54.0 Å². The zero-order valence-corrected chi connectivity index (χ0v) is 23.8. The number of aromatic nitrogens is 2. The van der Waals surface area contributed by atoms with E-state index in [2.05, 4.69) is 51.8 Å². The number of hydrogen-bond acceptors (Lipinski definition) is 5. The Morgan fingerprint density at radius 2 is 1.80 bits per heavy atom. The summed E-state index contributed by atoms with van der Waals surface area (Å²) in [5.74, 6) is 0.294. The van der Waals surface area contributed by atoms with Crippen molar-refractivity contribution in [2.45, 2.75) is 39.2 Å². The number of hydrogen-bond donors (Lipinski definition) is 2. The first kappa shape index (κ1) is 27.3. The highest BCUT2D eigenvalue weighted by atomic mass is 79.9. The quantitative estimate of drug-likeness (QED) is 0.223. The second-order valence-electron chi connectivity index (χ2n) is 9.71. The van der Waals surface area contributed by atoms with Crippen LogP contribution >= 0.6 is 15.9 Å². The maximum atomic E-state index is 13.2. The van der Waals surface area contributed by atoms with Crippen molar-refractivity contribution in [3.05, 3.63) is 98.4 Å². The molecule has 0 fully saturated rings. The Hall–Kier alpha value is -4.24. The highest BCUT2D eigenvalue weighted by molar-refractivity contribution is 9.10. The van der Waals surface area contributed by atoms with Crippen molar-refractivity contribution in [1.82, 2.24) is 14.9 Å². The standard InChI is InChI=1S/C31H29BrN4O4/c1-3-22(4-2)36-25-15-28-23(14-24(25)35-30(36)13-18-6-5-7-21(32)12-18)26(37)16-27(40-28)19-8-10-20(11-9-19)31(39)34-17-29(33)38/h5-12,14-16,22H,3-4,13,17H2,1-2H3,(H2,33,38)(H,34,39). The minimum atomic E-state index is -0.622. The van der Waals surface area contributed by atoms with Gasteiger partial charge in [0, 0.05) is 40.2 Å².